The van der Waals surface area contributed by atoms with Crippen LogP contribution in [0.4, 0.5) is 4.79 Å². The lowest BCUT2D eigenvalue weighted by molar-refractivity contribution is 0.107. The van der Waals surface area contributed by atoms with E-state index in [-0.39, 0.29) is 29.8 Å². The predicted molar refractivity (Wildman–Crippen MR) is 148 cm³/mol. The van der Waals surface area contributed by atoms with Crippen molar-refractivity contribution >= 4 is 23.7 Å². The van der Waals surface area contributed by atoms with Gasteiger partial charge in [0.2, 0.25) is 0 Å². The lowest BCUT2D eigenvalue weighted by Gasteiger charge is -2.37. The van der Waals surface area contributed by atoms with Crippen molar-refractivity contribution in [1.29, 1.82) is 5.41 Å². The Kier molecular flexibility index (Phi) is 8.49. The second-order valence-corrected chi connectivity index (χ2v) is 10.5. The minimum Gasteiger partial charge on any atom is -0.445 e. The molecule has 0 aliphatic carbocycles. The summed E-state index contributed by atoms with van der Waals surface area (Å²) < 4.78 is 4.96. The molecule has 1 aliphatic heterocycles. The molecule has 0 radical (unpaired) electrons. The van der Waals surface area contributed by atoms with E-state index in [9.17, 15) is 4.79 Å². The molecule has 1 fully saturated rings. The van der Waals surface area contributed by atoms with E-state index >= 15 is 0 Å². The van der Waals surface area contributed by atoms with Gasteiger partial charge in [-0.3, -0.25) is 5.41 Å². The average Bonchev–Trinajstić information content (AvgIpc) is 3.33. The van der Waals surface area contributed by atoms with Crippen LogP contribution in [0.1, 0.15) is 36.0 Å². The van der Waals surface area contributed by atoms with E-state index < -0.39 is 4.75 Å². The van der Waals surface area contributed by atoms with Crippen molar-refractivity contribution in [3.8, 4) is 0 Å². The summed E-state index contributed by atoms with van der Waals surface area (Å²) in [5.41, 5.74) is 9.25. The van der Waals surface area contributed by atoms with Crippen LogP contribution in [0.25, 0.3) is 0 Å². The van der Waals surface area contributed by atoms with Gasteiger partial charge in [0.1, 0.15) is 6.61 Å². The lowest BCUT2D eigenvalue weighted by atomic mass is 9.84. The van der Waals surface area contributed by atoms with Crippen LogP contribution in [0.3, 0.4) is 0 Å². The Hall–Kier alpha value is -3.51. The quantitative estimate of drug-likeness (QED) is 0.151. The van der Waals surface area contributed by atoms with Crippen molar-refractivity contribution in [2.45, 2.75) is 35.3 Å². The van der Waals surface area contributed by atoms with Gasteiger partial charge in [-0.15, -0.1) is 11.8 Å². The fourth-order valence-electron chi connectivity index (χ4n) is 4.96. The minimum atomic E-state index is -0.458. The second-order valence-electron chi connectivity index (χ2n) is 8.99. The topological polar surface area (TPSA) is 79.4 Å². The minimum absolute atomic E-state index is 0.0382. The van der Waals surface area contributed by atoms with Crippen LogP contribution < -0.4 is 5.73 Å². The van der Waals surface area contributed by atoms with E-state index in [4.69, 9.17) is 15.9 Å². The number of benzene rings is 3. The molecule has 0 spiro atoms. The molecule has 0 aromatic heterocycles. The Bertz CT molecular complexity index is 1060. The Balaban J connectivity index is 1.75. The second kappa shape index (κ2) is 12.0. The molecule has 2 atom stereocenters. The summed E-state index contributed by atoms with van der Waals surface area (Å²) in [6.07, 6.45) is 3.14. The first-order chi connectivity index (χ1) is 17.5. The maximum atomic E-state index is 12.9. The SMILES string of the molecule is C=CCOC(=O)N1C[C@@H](SC(c2ccccc2)(c2ccccc2)c2ccccc2)C[C@H]1CCC(=N)N. The number of nitrogens with two attached hydrogens (primary N) is 1. The standard InChI is InChI=1S/C30H33N3O2S/c1-2-20-35-29(34)33-22-27(21-26(33)18-19-28(31)32)36-30(23-12-6-3-7-13-23,24-14-8-4-9-15-24)25-16-10-5-11-17-25/h2-17,26-27H,1,18-22H2,(H3,31,32)/t26-,27+/m1/s1. The third-order valence-corrected chi connectivity index (χ3v) is 8.30. The summed E-state index contributed by atoms with van der Waals surface area (Å²) in [6.45, 7) is 4.40. The number of nitrogens with zero attached hydrogens (tertiary/aromatic N) is 1. The zero-order valence-corrected chi connectivity index (χ0v) is 21.2. The summed E-state index contributed by atoms with van der Waals surface area (Å²) in [4.78, 5) is 14.8. The molecule has 1 saturated heterocycles. The lowest BCUT2D eigenvalue weighted by Crippen LogP contribution is -2.37. The van der Waals surface area contributed by atoms with E-state index in [1.807, 2.05) is 34.9 Å². The van der Waals surface area contributed by atoms with Gasteiger partial charge >= 0.3 is 6.09 Å². The Morgan fingerprint density at radius 3 is 1.94 bits per heavy atom. The van der Waals surface area contributed by atoms with Crippen LogP contribution in [0.2, 0.25) is 0 Å². The Labute approximate surface area is 217 Å². The fraction of sp³-hybridized carbons (Fsp3) is 0.267. The summed E-state index contributed by atoms with van der Waals surface area (Å²) in [5.74, 6) is 0.137. The van der Waals surface area contributed by atoms with Gasteiger partial charge in [-0.2, -0.15) is 0 Å². The largest absolute Gasteiger partial charge is 0.445 e. The van der Waals surface area contributed by atoms with Crippen LogP contribution in [-0.2, 0) is 9.48 Å². The number of carbonyl (C=O) groups is 1. The molecule has 36 heavy (non-hydrogen) atoms. The third-order valence-electron chi connectivity index (χ3n) is 6.57. The van der Waals surface area contributed by atoms with Crippen molar-refractivity contribution in [1.82, 2.24) is 4.90 Å². The molecular weight excluding hydrogens is 466 g/mol. The molecule has 1 amide bonds. The summed E-state index contributed by atoms with van der Waals surface area (Å²) in [6, 6.07) is 31.7. The van der Waals surface area contributed by atoms with Crippen molar-refractivity contribution in [2.75, 3.05) is 13.2 Å². The van der Waals surface area contributed by atoms with Crippen LogP contribution in [0, 0.1) is 5.41 Å². The zero-order chi connectivity index (χ0) is 25.4. The van der Waals surface area contributed by atoms with Gasteiger partial charge in [0, 0.05) is 24.3 Å². The molecule has 6 heteroatoms. The molecule has 0 unspecified atom stereocenters. The van der Waals surface area contributed by atoms with Gasteiger partial charge in [-0.05, 0) is 29.5 Å². The highest BCUT2D eigenvalue weighted by molar-refractivity contribution is 8.01. The summed E-state index contributed by atoms with van der Waals surface area (Å²) in [7, 11) is 0. The number of amides is 1. The molecule has 3 aromatic carbocycles. The molecule has 0 saturated carbocycles. The Morgan fingerprint density at radius 2 is 1.50 bits per heavy atom. The molecule has 5 nitrogen and oxygen atoms in total. The average molecular weight is 500 g/mol. The van der Waals surface area contributed by atoms with Crippen LogP contribution in [-0.4, -0.2) is 41.3 Å². The van der Waals surface area contributed by atoms with Crippen LogP contribution in [0.5, 0.6) is 0 Å². The summed E-state index contributed by atoms with van der Waals surface area (Å²) >= 11 is 1.89. The van der Waals surface area contributed by atoms with Gasteiger partial charge in [-0.1, -0.05) is 104 Å². The third kappa shape index (κ3) is 5.65. The highest BCUT2D eigenvalue weighted by atomic mass is 32.2. The molecule has 3 aromatic rings. The van der Waals surface area contributed by atoms with E-state index in [2.05, 4.69) is 79.4 Å². The number of amidine groups is 1. The molecule has 1 aliphatic rings. The van der Waals surface area contributed by atoms with E-state index in [1.165, 1.54) is 16.7 Å². The number of likely N-dealkylation sites (tertiary alicyclic amines) is 1. The predicted octanol–water partition coefficient (Wildman–Crippen LogP) is 6.19. The van der Waals surface area contributed by atoms with Crippen molar-refractivity contribution < 1.29 is 9.53 Å². The Morgan fingerprint density at radius 1 is 1.00 bits per heavy atom. The molecule has 0 bridgehead atoms. The van der Waals surface area contributed by atoms with Gasteiger partial charge in [0.05, 0.1) is 10.6 Å². The fourth-order valence-corrected chi connectivity index (χ4v) is 6.83. The van der Waals surface area contributed by atoms with Gasteiger partial charge < -0.3 is 15.4 Å². The number of rotatable bonds is 10. The smallest absolute Gasteiger partial charge is 0.410 e. The van der Waals surface area contributed by atoms with Gasteiger partial charge in [0.15, 0.2) is 0 Å². The zero-order valence-electron chi connectivity index (χ0n) is 20.4. The number of ether oxygens (including phenoxy) is 1. The van der Waals surface area contributed by atoms with Crippen LogP contribution in [0.15, 0.2) is 104 Å². The number of nitrogens with one attached hydrogen (secondary N) is 1. The monoisotopic (exact) mass is 499 g/mol. The van der Waals surface area contributed by atoms with Crippen molar-refractivity contribution in [3.05, 3.63) is 120 Å². The van der Waals surface area contributed by atoms with Crippen molar-refractivity contribution in [3.63, 3.8) is 0 Å². The molecule has 1 heterocycles. The van der Waals surface area contributed by atoms with Gasteiger partial charge in [0.25, 0.3) is 0 Å². The van der Waals surface area contributed by atoms with E-state index in [0.717, 1.165) is 6.42 Å². The maximum Gasteiger partial charge on any atom is 0.410 e. The van der Waals surface area contributed by atoms with Crippen LogP contribution >= 0.6 is 11.8 Å². The first-order valence-electron chi connectivity index (χ1n) is 12.3. The first kappa shape index (κ1) is 25.6. The number of carbonyl (C=O) groups excluding carboxylic acids is 1. The highest BCUT2D eigenvalue weighted by Crippen LogP contribution is 2.52. The molecule has 4 rings (SSSR count). The van der Waals surface area contributed by atoms with E-state index in [0.29, 0.717) is 19.4 Å². The number of hydrogen-bond donors (Lipinski definition) is 2. The maximum absolute atomic E-state index is 12.9. The molecular formula is C30H33N3O2S. The molecule has 186 valence electrons. The van der Waals surface area contributed by atoms with E-state index in [1.54, 1.807) is 6.08 Å². The summed E-state index contributed by atoms with van der Waals surface area (Å²) in [5, 5.41) is 7.85. The van der Waals surface area contributed by atoms with Gasteiger partial charge in [-0.25, -0.2) is 4.79 Å². The number of hydrogen-bond acceptors (Lipinski definition) is 4. The van der Waals surface area contributed by atoms with Crippen molar-refractivity contribution in [2.24, 2.45) is 5.73 Å². The normalized spacial score (nSPS) is 17.5. The molecule has 3 N–H and O–H groups in total. The first-order valence-corrected chi connectivity index (χ1v) is 13.1. The number of thioether (sulfide) groups is 1. The highest BCUT2D eigenvalue weighted by Gasteiger charge is 2.44.